The van der Waals surface area contributed by atoms with E-state index in [9.17, 15) is 0 Å². The van der Waals surface area contributed by atoms with Crippen LogP contribution in [0.15, 0.2) is 41.2 Å². The average molecular weight is 255 g/mol. The fourth-order valence-electron chi connectivity index (χ4n) is 1.49. The van der Waals surface area contributed by atoms with Crippen LogP contribution in [-0.2, 0) is 0 Å². The number of rotatable bonds is 3. The summed E-state index contributed by atoms with van der Waals surface area (Å²) in [6.45, 7) is 0. The van der Waals surface area contributed by atoms with Gasteiger partial charge in [-0.3, -0.25) is 4.98 Å². The van der Waals surface area contributed by atoms with Crippen LogP contribution < -0.4 is 4.74 Å². The third kappa shape index (κ3) is 2.25. The molecular formula is C12H9N5O2. The third-order valence-electron chi connectivity index (χ3n) is 2.43. The lowest BCUT2D eigenvalue weighted by atomic mass is 10.2. The number of ether oxygens (including phenoxy) is 1. The number of pyridine rings is 1. The van der Waals surface area contributed by atoms with Gasteiger partial charge in [0, 0.05) is 24.0 Å². The number of hydrogen-bond acceptors (Lipinski definition) is 7. The molecule has 0 amide bonds. The monoisotopic (exact) mass is 255 g/mol. The second-order valence-electron chi connectivity index (χ2n) is 3.62. The minimum atomic E-state index is 0.307. The third-order valence-corrected chi connectivity index (χ3v) is 2.43. The molecule has 94 valence electrons. The first kappa shape index (κ1) is 11.3. The van der Waals surface area contributed by atoms with Gasteiger partial charge in [0.1, 0.15) is 0 Å². The molecule has 0 saturated heterocycles. The number of aromatic nitrogens is 5. The quantitative estimate of drug-likeness (QED) is 0.702. The molecule has 0 unspecified atom stereocenters. The highest BCUT2D eigenvalue weighted by Crippen LogP contribution is 2.20. The van der Waals surface area contributed by atoms with Gasteiger partial charge in [-0.05, 0) is 18.2 Å². The SMILES string of the molecule is COc1ccc(-c2nc(-c3ccncc3)no2)nn1. The molecular weight excluding hydrogens is 246 g/mol. The highest BCUT2D eigenvalue weighted by atomic mass is 16.5. The summed E-state index contributed by atoms with van der Waals surface area (Å²) in [6.07, 6.45) is 3.33. The summed E-state index contributed by atoms with van der Waals surface area (Å²) < 4.78 is 10.1. The molecule has 0 N–H and O–H groups in total. The Kier molecular flexibility index (Phi) is 2.85. The van der Waals surface area contributed by atoms with E-state index in [1.54, 1.807) is 36.7 Å². The maximum Gasteiger partial charge on any atom is 0.278 e. The van der Waals surface area contributed by atoms with E-state index >= 15 is 0 Å². The van der Waals surface area contributed by atoms with Crippen LogP contribution >= 0.6 is 0 Å². The lowest BCUT2D eigenvalue weighted by molar-refractivity contribution is 0.391. The zero-order valence-corrected chi connectivity index (χ0v) is 10.0. The Hall–Kier alpha value is -2.83. The van der Waals surface area contributed by atoms with Crippen molar-refractivity contribution < 1.29 is 9.26 Å². The van der Waals surface area contributed by atoms with Crippen molar-refractivity contribution in [3.8, 4) is 28.9 Å². The van der Waals surface area contributed by atoms with E-state index in [2.05, 4.69) is 25.3 Å². The summed E-state index contributed by atoms with van der Waals surface area (Å²) in [5, 5.41) is 11.7. The van der Waals surface area contributed by atoms with E-state index < -0.39 is 0 Å². The molecule has 0 spiro atoms. The first-order valence-electron chi connectivity index (χ1n) is 5.49. The molecule has 0 aliphatic heterocycles. The van der Waals surface area contributed by atoms with Crippen molar-refractivity contribution in [2.45, 2.75) is 0 Å². The van der Waals surface area contributed by atoms with E-state index in [4.69, 9.17) is 9.26 Å². The summed E-state index contributed by atoms with van der Waals surface area (Å²) in [5.74, 6) is 1.22. The lowest BCUT2D eigenvalue weighted by Crippen LogP contribution is -1.92. The van der Waals surface area contributed by atoms with Crippen LogP contribution in [0.4, 0.5) is 0 Å². The fraction of sp³-hybridized carbons (Fsp3) is 0.0833. The normalized spacial score (nSPS) is 10.4. The van der Waals surface area contributed by atoms with Gasteiger partial charge in [-0.1, -0.05) is 5.16 Å². The van der Waals surface area contributed by atoms with Crippen LogP contribution in [0, 0.1) is 0 Å². The van der Waals surface area contributed by atoms with Crippen molar-refractivity contribution in [1.29, 1.82) is 0 Å². The van der Waals surface area contributed by atoms with Gasteiger partial charge in [-0.25, -0.2) is 0 Å². The second-order valence-corrected chi connectivity index (χ2v) is 3.62. The standard InChI is InChI=1S/C12H9N5O2/c1-18-10-3-2-9(15-16-10)12-14-11(17-19-12)8-4-6-13-7-5-8/h2-7H,1H3. The van der Waals surface area contributed by atoms with Crippen LogP contribution in [-0.4, -0.2) is 32.4 Å². The molecule has 0 fully saturated rings. The molecule has 0 radical (unpaired) electrons. The Labute approximate surface area is 108 Å². The molecule has 3 aromatic heterocycles. The summed E-state index contributed by atoms with van der Waals surface area (Å²) in [6, 6.07) is 6.98. The molecule has 0 atom stereocenters. The van der Waals surface area contributed by atoms with E-state index in [1.165, 1.54) is 7.11 Å². The number of hydrogen-bond donors (Lipinski definition) is 0. The molecule has 3 aromatic rings. The van der Waals surface area contributed by atoms with Gasteiger partial charge in [0.05, 0.1) is 7.11 Å². The van der Waals surface area contributed by atoms with E-state index in [1.807, 2.05) is 0 Å². The molecule has 19 heavy (non-hydrogen) atoms. The van der Waals surface area contributed by atoms with E-state index in [0.717, 1.165) is 5.56 Å². The van der Waals surface area contributed by atoms with E-state index in [-0.39, 0.29) is 0 Å². The molecule has 7 nitrogen and oxygen atoms in total. The van der Waals surface area contributed by atoms with Gasteiger partial charge in [-0.15, -0.1) is 10.2 Å². The topological polar surface area (TPSA) is 86.8 Å². The summed E-state index contributed by atoms with van der Waals surface area (Å²) in [4.78, 5) is 8.19. The highest BCUT2D eigenvalue weighted by molar-refractivity contribution is 5.56. The van der Waals surface area contributed by atoms with Crippen LogP contribution in [0.2, 0.25) is 0 Å². The zero-order valence-electron chi connectivity index (χ0n) is 10.0. The average Bonchev–Trinajstić information content (AvgIpc) is 2.98. The molecule has 0 bridgehead atoms. The van der Waals surface area contributed by atoms with Crippen molar-refractivity contribution in [1.82, 2.24) is 25.3 Å². The Bertz CT molecular complexity index is 666. The fourth-order valence-corrected chi connectivity index (χ4v) is 1.49. The van der Waals surface area contributed by atoms with Gasteiger partial charge in [0.2, 0.25) is 11.7 Å². The first-order valence-corrected chi connectivity index (χ1v) is 5.49. The predicted octanol–water partition coefficient (Wildman–Crippen LogP) is 1.60. The predicted molar refractivity (Wildman–Crippen MR) is 65.1 cm³/mol. The Morgan fingerprint density at radius 3 is 2.58 bits per heavy atom. The Morgan fingerprint density at radius 2 is 1.89 bits per heavy atom. The second kappa shape index (κ2) is 4.81. The smallest absolute Gasteiger partial charge is 0.278 e. The molecule has 0 aromatic carbocycles. The molecule has 0 saturated carbocycles. The van der Waals surface area contributed by atoms with Gasteiger partial charge < -0.3 is 9.26 Å². The molecule has 3 rings (SSSR count). The molecule has 0 aliphatic carbocycles. The van der Waals surface area contributed by atoms with Crippen molar-refractivity contribution in [2.75, 3.05) is 7.11 Å². The Balaban J connectivity index is 1.92. The molecule has 0 aliphatic rings. The van der Waals surface area contributed by atoms with E-state index in [0.29, 0.717) is 23.3 Å². The number of nitrogens with zero attached hydrogens (tertiary/aromatic N) is 5. The summed E-state index contributed by atoms with van der Waals surface area (Å²) in [5.41, 5.74) is 1.32. The maximum absolute atomic E-state index is 5.15. The molecule has 3 heterocycles. The Morgan fingerprint density at radius 1 is 1.05 bits per heavy atom. The van der Waals surface area contributed by atoms with Gasteiger partial charge in [0.25, 0.3) is 5.89 Å². The van der Waals surface area contributed by atoms with Crippen molar-refractivity contribution in [3.63, 3.8) is 0 Å². The highest BCUT2D eigenvalue weighted by Gasteiger charge is 2.12. The largest absolute Gasteiger partial charge is 0.480 e. The van der Waals surface area contributed by atoms with Crippen LogP contribution in [0.1, 0.15) is 0 Å². The summed E-state index contributed by atoms with van der Waals surface area (Å²) >= 11 is 0. The minimum absolute atomic E-state index is 0.307. The van der Waals surface area contributed by atoms with Crippen molar-refractivity contribution in [2.24, 2.45) is 0 Å². The zero-order chi connectivity index (χ0) is 13.1. The minimum Gasteiger partial charge on any atom is -0.480 e. The molecule has 7 heteroatoms. The van der Waals surface area contributed by atoms with Crippen LogP contribution in [0.5, 0.6) is 5.88 Å². The van der Waals surface area contributed by atoms with Crippen LogP contribution in [0.3, 0.4) is 0 Å². The first-order chi connectivity index (χ1) is 9.36. The maximum atomic E-state index is 5.15. The van der Waals surface area contributed by atoms with Crippen molar-refractivity contribution in [3.05, 3.63) is 36.7 Å². The van der Waals surface area contributed by atoms with Crippen molar-refractivity contribution >= 4 is 0 Å². The van der Waals surface area contributed by atoms with Gasteiger partial charge in [-0.2, -0.15) is 4.98 Å². The van der Waals surface area contributed by atoms with Crippen LogP contribution in [0.25, 0.3) is 23.0 Å². The lowest BCUT2D eigenvalue weighted by Gasteiger charge is -1.96. The van der Waals surface area contributed by atoms with Gasteiger partial charge in [0.15, 0.2) is 5.69 Å². The number of methoxy groups -OCH3 is 1. The summed E-state index contributed by atoms with van der Waals surface area (Å²) in [7, 11) is 1.53. The van der Waals surface area contributed by atoms with Gasteiger partial charge >= 0.3 is 0 Å².